The van der Waals surface area contributed by atoms with Crippen LogP contribution in [0.3, 0.4) is 0 Å². The van der Waals surface area contributed by atoms with Crippen molar-refractivity contribution in [3.05, 3.63) is 0 Å². The first kappa shape index (κ1) is 12.4. The fraction of sp³-hybridized carbons (Fsp3) is 0.900. The largest absolute Gasteiger partial charge is 0.458 e. The molecule has 5 heteroatoms. The fourth-order valence-corrected chi connectivity index (χ4v) is 1.38. The summed E-state index contributed by atoms with van der Waals surface area (Å²) in [5, 5.41) is 3.09. The summed E-state index contributed by atoms with van der Waals surface area (Å²) in [5.74, 6) is -0.385. The maximum Gasteiger partial charge on any atom is 0.341 e. The molecule has 1 aliphatic rings. The molecule has 0 saturated carbocycles. The summed E-state index contributed by atoms with van der Waals surface area (Å²) >= 11 is 0. The quantitative estimate of drug-likeness (QED) is 0.617. The molecular weight excluding hydrogens is 196 g/mol. The van der Waals surface area contributed by atoms with E-state index in [0.29, 0.717) is 13.2 Å². The summed E-state index contributed by atoms with van der Waals surface area (Å²) in [5.41, 5.74) is 4.07. The third-order valence-corrected chi connectivity index (χ3v) is 2.17. The van der Waals surface area contributed by atoms with Gasteiger partial charge in [0.25, 0.3) is 0 Å². The highest BCUT2D eigenvalue weighted by molar-refractivity contribution is 5.80. The molecule has 15 heavy (non-hydrogen) atoms. The topological polar surface area (TPSA) is 73.6 Å². The Kier molecular flexibility index (Phi) is 3.70. The third-order valence-electron chi connectivity index (χ3n) is 2.17. The molecule has 88 valence electrons. The van der Waals surface area contributed by atoms with Gasteiger partial charge >= 0.3 is 5.97 Å². The van der Waals surface area contributed by atoms with Gasteiger partial charge < -0.3 is 20.5 Å². The van der Waals surface area contributed by atoms with Crippen LogP contribution in [0, 0.1) is 0 Å². The molecule has 0 aromatic rings. The summed E-state index contributed by atoms with van der Waals surface area (Å²) in [6.07, 6.45) is 0. The lowest BCUT2D eigenvalue weighted by atomic mass is 10.0. The zero-order valence-corrected chi connectivity index (χ0v) is 9.63. The van der Waals surface area contributed by atoms with Crippen molar-refractivity contribution in [2.45, 2.75) is 32.0 Å². The zero-order valence-electron chi connectivity index (χ0n) is 9.63. The van der Waals surface area contributed by atoms with E-state index in [-0.39, 0.29) is 12.5 Å². The minimum Gasteiger partial charge on any atom is -0.458 e. The number of rotatable bonds is 2. The van der Waals surface area contributed by atoms with Crippen LogP contribution < -0.4 is 11.1 Å². The van der Waals surface area contributed by atoms with Gasteiger partial charge in [0.2, 0.25) is 0 Å². The van der Waals surface area contributed by atoms with Crippen LogP contribution in [0.5, 0.6) is 0 Å². The first-order valence-electron chi connectivity index (χ1n) is 5.18. The number of carbonyl (C=O) groups excluding carboxylic acids is 1. The molecule has 0 aromatic carbocycles. The van der Waals surface area contributed by atoms with Crippen LogP contribution in [0.15, 0.2) is 0 Å². The van der Waals surface area contributed by atoms with Gasteiger partial charge in [0, 0.05) is 19.6 Å². The number of hydrogen-bond acceptors (Lipinski definition) is 5. The van der Waals surface area contributed by atoms with Gasteiger partial charge in [-0.1, -0.05) is 0 Å². The zero-order chi connectivity index (χ0) is 11.5. The van der Waals surface area contributed by atoms with Crippen LogP contribution in [-0.2, 0) is 14.3 Å². The normalized spacial score (nSPS) is 27.5. The van der Waals surface area contributed by atoms with Crippen molar-refractivity contribution in [3.63, 3.8) is 0 Å². The third kappa shape index (κ3) is 3.15. The van der Waals surface area contributed by atoms with Crippen molar-refractivity contribution in [3.8, 4) is 0 Å². The summed E-state index contributed by atoms with van der Waals surface area (Å²) in [7, 11) is 0. The van der Waals surface area contributed by atoms with E-state index in [2.05, 4.69) is 5.32 Å². The Morgan fingerprint density at radius 2 is 2.27 bits per heavy atom. The van der Waals surface area contributed by atoms with E-state index in [1.165, 1.54) is 0 Å². The molecule has 0 aromatic heterocycles. The predicted octanol–water partition coefficient (Wildman–Crippen LogP) is -0.355. The molecule has 0 bridgehead atoms. The van der Waals surface area contributed by atoms with E-state index in [4.69, 9.17) is 15.2 Å². The molecule has 5 nitrogen and oxygen atoms in total. The van der Waals surface area contributed by atoms with Gasteiger partial charge in [-0.3, -0.25) is 0 Å². The molecule has 1 unspecified atom stereocenters. The summed E-state index contributed by atoms with van der Waals surface area (Å²) in [6.45, 7) is 7.25. The molecule has 1 fully saturated rings. The maximum atomic E-state index is 11.9. The van der Waals surface area contributed by atoms with Gasteiger partial charge in [0.15, 0.2) is 5.60 Å². The second-order valence-electron chi connectivity index (χ2n) is 4.73. The minimum absolute atomic E-state index is 0.134. The lowest BCUT2D eigenvalue weighted by Crippen LogP contribution is -2.60. The molecule has 0 radical (unpaired) electrons. The highest BCUT2D eigenvalue weighted by Gasteiger charge is 2.43. The number of esters is 1. The standard InChI is InChI=1S/C10H20N2O3/c1-9(2,3)15-8(13)10(6-11)7-12-4-5-14-10/h12H,4-7,11H2,1-3H3. The average Bonchev–Trinajstić information content (AvgIpc) is 2.16. The Labute approximate surface area is 90.3 Å². The van der Waals surface area contributed by atoms with Crippen LogP contribution in [-0.4, -0.2) is 43.4 Å². The maximum absolute atomic E-state index is 11.9. The Balaban J connectivity index is 2.68. The molecule has 1 atom stereocenters. The number of ether oxygens (including phenoxy) is 2. The molecule has 0 spiro atoms. The smallest absolute Gasteiger partial charge is 0.341 e. The van der Waals surface area contributed by atoms with Crippen molar-refractivity contribution in [1.29, 1.82) is 0 Å². The van der Waals surface area contributed by atoms with Gasteiger partial charge in [0.05, 0.1) is 6.61 Å². The lowest BCUT2D eigenvalue weighted by Gasteiger charge is -2.36. The molecule has 1 rings (SSSR count). The van der Waals surface area contributed by atoms with Crippen LogP contribution in [0.25, 0.3) is 0 Å². The molecule has 0 aliphatic carbocycles. The van der Waals surface area contributed by atoms with Gasteiger partial charge in [-0.25, -0.2) is 4.79 Å². The Morgan fingerprint density at radius 1 is 1.60 bits per heavy atom. The second-order valence-corrected chi connectivity index (χ2v) is 4.73. The Morgan fingerprint density at radius 3 is 2.67 bits per heavy atom. The monoisotopic (exact) mass is 216 g/mol. The van der Waals surface area contributed by atoms with Crippen LogP contribution in [0.4, 0.5) is 0 Å². The molecule has 1 aliphatic heterocycles. The Bertz CT molecular complexity index is 229. The van der Waals surface area contributed by atoms with Gasteiger partial charge in [0.1, 0.15) is 5.60 Å². The van der Waals surface area contributed by atoms with Gasteiger partial charge in [-0.05, 0) is 20.8 Å². The average molecular weight is 216 g/mol. The number of nitrogens with one attached hydrogen (secondary N) is 1. The predicted molar refractivity (Wildman–Crippen MR) is 56.5 cm³/mol. The van der Waals surface area contributed by atoms with Gasteiger partial charge in [-0.15, -0.1) is 0 Å². The van der Waals surface area contributed by atoms with Crippen LogP contribution in [0.2, 0.25) is 0 Å². The molecule has 1 saturated heterocycles. The highest BCUT2D eigenvalue weighted by atomic mass is 16.6. The van der Waals surface area contributed by atoms with Crippen molar-refractivity contribution >= 4 is 5.97 Å². The molecular formula is C10H20N2O3. The first-order valence-corrected chi connectivity index (χ1v) is 5.18. The molecule has 3 N–H and O–H groups in total. The van der Waals surface area contributed by atoms with Crippen molar-refractivity contribution in [2.24, 2.45) is 5.73 Å². The Hall–Kier alpha value is -0.650. The molecule has 0 amide bonds. The van der Waals surface area contributed by atoms with Crippen molar-refractivity contribution in [1.82, 2.24) is 5.32 Å². The summed E-state index contributed by atoms with van der Waals surface area (Å²) < 4.78 is 10.7. The van der Waals surface area contributed by atoms with E-state index < -0.39 is 11.2 Å². The van der Waals surface area contributed by atoms with E-state index in [1.54, 1.807) is 0 Å². The van der Waals surface area contributed by atoms with E-state index in [9.17, 15) is 4.79 Å². The van der Waals surface area contributed by atoms with Crippen LogP contribution in [0.1, 0.15) is 20.8 Å². The fourth-order valence-electron chi connectivity index (χ4n) is 1.38. The minimum atomic E-state index is -1.01. The highest BCUT2D eigenvalue weighted by Crippen LogP contribution is 2.18. The summed E-state index contributed by atoms with van der Waals surface area (Å²) in [6, 6.07) is 0. The number of hydrogen-bond donors (Lipinski definition) is 2. The van der Waals surface area contributed by atoms with E-state index >= 15 is 0 Å². The van der Waals surface area contributed by atoms with E-state index in [0.717, 1.165) is 6.54 Å². The second kappa shape index (κ2) is 4.47. The van der Waals surface area contributed by atoms with E-state index in [1.807, 2.05) is 20.8 Å². The SMILES string of the molecule is CC(C)(C)OC(=O)C1(CN)CNCCO1. The van der Waals surface area contributed by atoms with Crippen molar-refractivity contribution in [2.75, 3.05) is 26.2 Å². The van der Waals surface area contributed by atoms with Crippen LogP contribution >= 0.6 is 0 Å². The van der Waals surface area contributed by atoms with Gasteiger partial charge in [-0.2, -0.15) is 0 Å². The first-order chi connectivity index (χ1) is 6.90. The number of morpholine rings is 1. The number of nitrogens with two attached hydrogens (primary N) is 1. The summed E-state index contributed by atoms with van der Waals surface area (Å²) in [4.78, 5) is 11.9. The number of carbonyl (C=O) groups is 1. The lowest BCUT2D eigenvalue weighted by molar-refractivity contribution is -0.185. The molecule has 1 heterocycles. The van der Waals surface area contributed by atoms with Crippen molar-refractivity contribution < 1.29 is 14.3 Å².